The molecule has 1 atom stereocenters. The molecule has 0 saturated heterocycles. The Morgan fingerprint density at radius 2 is 2.00 bits per heavy atom. The van der Waals surface area contributed by atoms with E-state index in [1.807, 2.05) is 44.2 Å². The van der Waals surface area contributed by atoms with Crippen molar-refractivity contribution in [2.24, 2.45) is 0 Å². The van der Waals surface area contributed by atoms with Crippen LogP contribution in [0.25, 0.3) is 10.7 Å². The second-order valence-electron chi connectivity index (χ2n) is 5.58. The lowest BCUT2D eigenvalue weighted by Crippen LogP contribution is -2.26. The van der Waals surface area contributed by atoms with E-state index < -0.39 is 0 Å². The predicted octanol–water partition coefficient (Wildman–Crippen LogP) is 3.88. The smallest absolute Gasteiger partial charge is 0.263 e. The number of benzene rings is 1. The lowest BCUT2D eigenvalue weighted by atomic mass is 10.1. The molecule has 124 valence electrons. The second-order valence-corrected chi connectivity index (χ2v) is 6.58. The zero-order valence-electron chi connectivity index (χ0n) is 13.9. The molecule has 0 fully saturated rings. The van der Waals surface area contributed by atoms with E-state index in [0.717, 1.165) is 16.3 Å². The quantitative estimate of drug-likeness (QED) is 0.776. The molecule has 0 saturated carbocycles. The summed E-state index contributed by atoms with van der Waals surface area (Å²) in [4.78, 5) is 21.9. The van der Waals surface area contributed by atoms with Crippen molar-refractivity contribution >= 4 is 17.2 Å². The van der Waals surface area contributed by atoms with Gasteiger partial charge in [0.2, 0.25) is 0 Å². The van der Waals surface area contributed by atoms with Gasteiger partial charge < -0.3 is 5.32 Å². The van der Waals surface area contributed by atoms with E-state index >= 15 is 0 Å². The lowest BCUT2D eigenvalue weighted by molar-refractivity contribution is 0.0943. The summed E-state index contributed by atoms with van der Waals surface area (Å²) in [5.74, 6) is -0.158. The number of nitrogens with one attached hydrogen (secondary N) is 1. The standard InChI is InChI=1S/C19H16N4OS/c1-12(15-8-6-14(11-20)7-9-15)22-18(24)17-13(2)23-19(25-17)16-5-3-4-10-21-16/h3-10,12H,1-2H3,(H,22,24). The molecular weight excluding hydrogens is 332 g/mol. The van der Waals surface area contributed by atoms with Gasteiger partial charge in [0.1, 0.15) is 9.88 Å². The molecule has 0 spiro atoms. The monoisotopic (exact) mass is 348 g/mol. The summed E-state index contributed by atoms with van der Waals surface area (Å²) in [7, 11) is 0. The molecule has 25 heavy (non-hydrogen) atoms. The molecule has 0 aliphatic heterocycles. The first-order valence-corrected chi connectivity index (χ1v) is 8.60. The molecule has 0 aliphatic rings. The molecule has 0 aliphatic carbocycles. The Hall–Kier alpha value is -3.04. The summed E-state index contributed by atoms with van der Waals surface area (Å²) in [5, 5.41) is 12.6. The molecule has 6 heteroatoms. The maximum Gasteiger partial charge on any atom is 0.263 e. The van der Waals surface area contributed by atoms with Crippen LogP contribution in [0, 0.1) is 18.3 Å². The predicted molar refractivity (Wildman–Crippen MR) is 97.1 cm³/mol. The minimum absolute atomic E-state index is 0.158. The van der Waals surface area contributed by atoms with Crippen LogP contribution in [0.3, 0.4) is 0 Å². The van der Waals surface area contributed by atoms with Crippen molar-refractivity contribution in [3.8, 4) is 16.8 Å². The molecule has 2 heterocycles. The number of carbonyl (C=O) groups excluding carboxylic acids is 1. The Kier molecular flexibility index (Phi) is 4.87. The molecule has 0 radical (unpaired) electrons. The molecular formula is C19H16N4OS. The van der Waals surface area contributed by atoms with Gasteiger partial charge in [-0.2, -0.15) is 5.26 Å². The topological polar surface area (TPSA) is 78.7 Å². The van der Waals surface area contributed by atoms with Gasteiger partial charge >= 0.3 is 0 Å². The average molecular weight is 348 g/mol. The van der Waals surface area contributed by atoms with E-state index in [1.54, 1.807) is 18.3 Å². The van der Waals surface area contributed by atoms with Crippen LogP contribution in [0.4, 0.5) is 0 Å². The van der Waals surface area contributed by atoms with Crippen LogP contribution in [0.5, 0.6) is 0 Å². The fourth-order valence-electron chi connectivity index (χ4n) is 2.40. The first-order valence-electron chi connectivity index (χ1n) is 7.78. The Labute approximate surface area is 150 Å². The van der Waals surface area contributed by atoms with Gasteiger partial charge in [-0.05, 0) is 43.7 Å². The van der Waals surface area contributed by atoms with Gasteiger partial charge in [-0.3, -0.25) is 9.78 Å². The summed E-state index contributed by atoms with van der Waals surface area (Å²) >= 11 is 1.34. The number of nitriles is 1. The number of thiazole rings is 1. The first-order chi connectivity index (χ1) is 12.1. The fourth-order valence-corrected chi connectivity index (χ4v) is 3.34. The number of aryl methyl sites for hydroxylation is 1. The summed E-state index contributed by atoms with van der Waals surface area (Å²) in [5.41, 5.74) is 2.99. The van der Waals surface area contributed by atoms with Crippen LogP contribution in [-0.2, 0) is 0 Å². The molecule has 2 aromatic heterocycles. The molecule has 1 N–H and O–H groups in total. The average Bonchev–Trinajstić information content (AvgIpc) is 3.04. The zero-order chi connectivity index (χ0) is 17.8. The minimum atomic E-state index is -0.167. The van der Waals surface area contributed by atoms with Crippen LogP contribution in [0.15, 0.2) is 48.7 Å². The van der Waals surface area contributed by atoms with Gasteiger partial charge in [-0.25, -0.2) is 4.98 Å². The van der Waals surface area contributed by atoms with Crippen molar-refractivity contribution in [2.75, 3.05) is 0 Å². The normalized spacial score (nSPS) is 11.6. The number of pyridine rings is 1. The second kappa shape index (κ2) is 7.24. The van der Waals surface area contributed by atoms with Gasteiger partial charge in [-0.15, -0.1) is 11.3 Å². The number of aromatic nitrogens is 2. The summed E-state index contributed by atoms with van der Waals surface area (Å²) in [6.45, 7) is 3.74. The van der Waals surface area contributed by atoms with Crippen molar-refractivity contribution < 1.29 is 4.79 Å². The highest BCUT2D eigenvalue weighted by molar-refractivity contribution is 7.17. The van der Waals surface area contributed by atoms with E-state index in [0.29, 0.717) is 16.1 Å². The number of hydrogen-bond acceptors (Lipinski definition) is 5. The SMILES string of the molecule is Cc1nc(-c2ccccn2)sc1C(=O)NC(C)c1ccc(C#N)cc1. The van der Waals surface area contributed by atoms with Crippen LogP contribution in [-0.4, -0.2) is 15.9 Å². The number of carbonyl (C=O) groups is 1. The molecule has 5 nitrogen and oxygen atoms in total. The summed E-state index contributed by atoms with van der Waals surface area (Å²) in [6, 6.07) is 14.7. The molecule has 1 unspecified atom stereocenters. The largest absolute Gasteiger partial charge is 0.345 e. The van der Waals surface area contributed by atoms with Crippen LogP contribution in [0.1, 0.15) is 39.5 Å². The van der Waals surface area contributed by atoms with Gasteiger partial charge in [0.25, 0.3) is 5.91 Å². The third kappa shape index (κ3) is 3.73. The Balaban J connectivity index is 1.77. The van der Waals surface area contributed by atoms with E-state index in [4.69, 9.17) is 5.26 Å². The van der Waals surface area contributed by atoms with E-state index in [2.05, 4.69) is 21.4 Å². The van der Waals surface area contributed by atoms with E-state index in [-0.39, 0.29) is 11.9 Å². The van der Waals surface area contributed by atoms with Crippen LogP contribution >= 0.6 is 11.3 Å². The highest BCUT2D eigenvalue weighted by Gasteiger charge is 2.18. The van der Waals surface area contributed by atoms with Crippen molar-refractivity contribution in [3.63, 3.8) is 0 Å². The van der Waals surface area contributed by atoms with Gasteiger partial charge in [0, 0.05) is 6.20 Å². The van der Waals surface area contributed by atoms with E-state index in [9.17, 15) is 4.79 Å². The fraction of sp³-hybridized carbons (Fsp3) is 0.158. The van der Waals surface area contributed by atoms with Crippen LogP contribution < -0.4 is 5.32 Å². The molecule has 3 rings (SSSR count). The Bertz CT molecular complexity index is 926. The maximum absolute atomic E-state index is 12.6. The maximum atomic E-state index is 12.6. The van der Waals surface area contributed by atoms with Crippen LogP contribution in [0.2, 0.25) is 0 Å². The number of rotatable bonds is 4. The molecule has 3 aromatic rings. The Morgan fingerprint density at radius 3 is 2.64 bits per heavy atom. The highest BCUT2D eigenvalue weighted by Crippen LogP contribution is 2.27. The first kappa shape index (κ1) is 16.8. The van der Waals surface area contributed by atoms with E-state index in [1.165, 1.54) is 11.3 Å². The van der Waals surface area contributed by atoms with Crippen molar-refractivity contribution in [1.29, 1.82) is 5.26 Å². The molecule has 1 amide bonds. The highest BCUT2D eigenvalue weighted by atomic mass is 32.1. The van der Waals surface area contributed by atoms with Gasteiger partial charge in [0.05, 0.1) is 29.1 Å². The third-order valence-corrected chi connectivity index (χ3v) is 4.95. The molecule has 0 bridgehead atoms. The van der Waals surface area contributed by atoms with Crippen molar-refractivity contribution in [2.45, 2.75) is 19.9 Å². The van der Waals surface area contributed by atoms with Crippen molar-refractivity contribution in [3.05, 3.63) is 70.4 Å². The number of hydrogen-bond donors (Lipinski definition) is 1. The number of amides is 1. The summed E-state index contributed by atoms with van der Waals surface area (Å²) in [6.07, 6.45) is 1.71. The third-order valence-electron chi connectivity index (χ3n) is 3.77. The zero-order valence-corrected chi connectivity index (χ0v) is 14.7. The van der Waals surface area contributed by atoms with Crippen molar-refractivity contribution in [1.82, 2.24) is 15.3 Å². The minimum Gasteiger partial charge on any atom is -0.345 e. The Morgan fingerprint density at radius 1 is 1.24 bits per heavy atom. The summed E-state index contributed by atoms with van der Waals surface area (Å²) < 4.78 is 0. The van der Waals surface area contributed by atoms with Gasteiger partial charge in [-0.1, -0.05) is 18.2 Å². The van der Waals surface area contributed by atoms with Gasteiger partial charge in [0.15, 0.2) is 0 Å². The molecule has 1 aromatic carbocycles. The lowest BCUT2D eigenvalue weighted by Gasteiger charge is -2.13. The number of nitrogens with zero attached hydrogens (tertiary/aromatic N) is 3.